The molecule has 1 spiro atoms. The molecule has 0 saturated heterocycles. The summed E-state index contributed by atoms with van der Waals surface area (Å²) in [5, 5.41) is 0. The lowest BCUT2D eigenvalue weighted by Gasteiger charge is -2.58. The summed E-state index contributed by atoms with van der Waals surface area (Å²) in [7, 11) is 0. The Hall–Kier alpha value is -2.80. The van der Waals surface area contributed by atoms with Gasteiger partial charge in [-0.1, -0.05) is 82.7 Å². The lowest BCUT2D eigenvalue weighted by atomic mass is 9.51. The second kappa shape index (κ2) is 5.71. The third kappa shape index (κ3) is 2.12. The van der Waals surface area contributed by atoms with Gasteiger partial charge in [-0.2, -0.15) is 0 Å². The van der Waals surface area contributed by atoms with Crippen LogP contribution in [0.25, 0.3) is 11.1 Å². The van der Waals surface area contributed by atoms with Gasteiger partial charge in [0.25, 0.3) is 0 Å². The van der Waals surface area contributed by atoms with Crippen LogP contribution >= 0.6 is 0 Å². The molecule has 2 unspecified atom stereocenters. The number of fused-ring (bicyclic) bond motifs is 4. The van der Waals surface area contributed by atoms with Gasteiger partial charge in [0.2, 0.25) is 0 Å². The first-order valence-corrected chi connectivity index (χ1v) is 11.5. The van der Waals surface area contributed by atoms with Gasteiger partial charge in [0.15, 0.2) is 0 Å². The van der Waals surface area contributed by atoms with Crippen LogP contribution in [0.2, 0.25) is 0 Å². The third-order valence-corrected chi connectivity index (χ3v) is 8.74. The van der Waals surface area contributed by atoms with E-state index in [2.05, 4.69) is 119 Å². The summed E-state index contributed by atoms with van der Waals surface area (Å²) in [5.74, 6) is 0.430. The minimum Gasteiger partial charge on any atom is -0.314 e. The fourth-order valence-electron chi connectivity index (χ4n) is 6.96. The Kier molecular flexibility index (Phi) is 3.48. The van der Waals surface area contributed by atoms with Crippen molar-refractivity contribution in [3.63, 3.8) is 0 Å². The van der Waals surface area contributed by atoms with E-state index in [9.17, 15) is 0 Å². The standard InChI is InChI=1S/C30H31N/c1-19-11-14-27-20(2)30(19)18-22(15-16-28(30,3)4)31(27)21-12-13-24-23-9-7-8-10-25(23)29(5,6)26(24)17-21/h7-18,20H,1-6H3. The molecule has 31 heavy (non-hydrogen) atoms. The molecular formula is C30H31N. The van der Waals surface area contributed by atoms with Gasteiger partial charge < -0.3 is 4.90 Å². The molecular weight excluding hydrogens is 374 g/mol. The van der Waals surface area contributed by atoms with Crippen LogP contribution in [0.15, 0.2) is 89.8 Å². The Morgan fingerprint density at radius 2 is 1.61 bits per heavy atom. The molecule has 0 amide bonds. The lowest BCUT2D eigenvalue weighted by Crippen LogP contribution is -2.51. The fourth-order valence-corrected chi connectivity index (χ4v) is 6.96. The predicted molar refractivity (Wildman–Crippen MR) is 131 cm³/mol. The van der Waals surface area contributed by atoms with Crippen LogP contribution < -0.4 is 4.90 Å². The molecule has 0 fully saturated rings. The van der Waals surface area contributed by atoms with Gasteiger partial charge >= 0.3 is 0 Å². The van der Waals surface area contributed by atoms with Crippen LogP contribution in [0.1, 0.15) is 52.7 Å². The number of hydrogen-bond donors (Lipinski definition) is 0. The van der Waals surface area contributed by atoms with Crippen LogP contribution in [0, 0.1) is 16.7 Å². The van der Waals surface area contributed by atoms with Crippen molar-refractivity contribution in [1.29, 1.82) is 0 Å². The van der Waals surface area contributed by atoms with Crippen molar-refractivity contribution in [2.45, 2.75) is 47.0 Å². The number of benzene rings is 2. The van der Waals surface area contributed by atoms with E-state index in [1.165, 1.54) is 44.9 Å². The zero-order valence-electron chi connectivity index (χ0n) is 19.5. The average molecular weight is 406 g/mol. The lowest BCUT2D eigenvalue weighted by molar-refractivity contribution is 0.152. The minimum atomic E-state index is 0.0172. The van der Waals surface area contributed by atoms with Crippen LogP contribution in [-0.2, 0) is 5.41 Å². The Morgan fingerprint density at radius 3 is 2.42 bits per heavy atom. The van der Waals surface area contributed by atoms with Crippen molar-refractivity contribution >= 4 is 5.69 Å². The van der Waals surface area contributed by atoms with Crippen molar-refractivity contribution in [3.05, 3.63) is 101 Å². The summed E-state index contributed by atoms with van der Waals surface area (Å²) in [6.45, 7) is 14.2. The van der Waals surface area contributed by atoms with Gasteiger partial charge in [0.1, 0.15) is 0 Å². The molecule has 1 aliphatic heterocycles. The molecule has 3 bridgehead atoms. The second-order valence-corrected chi connectivity index (χ2v) is 10.9. The van der Waals surface area contributed by atoms with Crippen molar-refractivity contribution < 1.29 is 0 Å². The number of anilines is 1. The van der Waals surface area contributed by atoms with Crippen molar-refractivity contribution in [1.82, 2.24) is 0 Å². The quantitative estimate of drug-likeness (QED) is 0.468. The largest absolute Gasteiger partial charge is 0.314 e. The molecule has 156 valence electrons. The van der Waals surface area contributed by atoms with E-state index in [0.717, 1.165) is 0 Å². The third-order valence-electron chi connectivity index (χ3n) is 8.74. The van der Waals surface area contributed by atoms with Crippen LogP contribution in [0.4, 0.5) is 5.69 Å². The van der Waals surface area contributed by atoms with E-state index in [1.807, 2.05) is 0 Å². The molecule has 1 nitrogen and oxygen atoms in total. The zero-order valence-corrected chi connectivity index (χ0v) is 19.5. The molecule has 0 aromatic heterocycles. The van der Waals surface area contributed by atoms with Crippen LogP contribution in [0.5, 0.6) is 0 Å². The molecule has 6 rings (SSSR count). The summed E-state index contributed by atoms with van der Waals surface area (Å²) in [6, 6.07) is 16.0. The van der Waals surface area contributed by atoms with Gasteiger partial charge in [-0.3, -0.25) is 0 Å². The van der Waals surface area contributed by atoms with Crippen molar-refractivity contribution in [2.75, 3.05) is 4.90 Å². The topological polar surface area (TPSA) is 3.24 Å². The van der Waals surface area contributed by atoms with Crippen molar-refractivity contribution in [2.24, 2.45) is 16.7 Å². The summed E-state index contributed by atoms with van der Waals surface area (Å²) in [4.78, 5) is 2.50. The minimum absolute atomic E-state index is 0.0172. The molecule has 1 heteroatoms. The fraction of sp³-hybridized carbons (Fsp3) is 0.333. The molecule has 2 aromatic rings. The molecule has 0 saturated carbocycles. The number of rotatable bonds is 1. The Morgan fingerprint density at radius 1 is 0.871 bits per heavy atom. The maximum Gasteiger partial charge on any atom is 0.0461 e. The molecule has 3 aliphatic carbocycles. The SMILES string of the molecule is CC1=CC=C2C(C)C13C=C(C=CC3(C)C)N2c1ccc2c(c1)C(C)(C)c1ccccc1-2. The van der Waals surface area contributed by atoms with E-state index >= 15 is 0 Å². The highest BCUT2D eigenvalue weighted by molar-refractivity contribution is 5.83. The van der Waals surface area contributed by atoms with Gasteiger partial charge in [0, 0.05) is 33.8 Å². The Balaban J connectivity index is 1.55. The molecule has 0 N–H and O–H groups in total. The molecule has 4 aliphatic rings. The van der Waals surface area contributed by atoms with Crippen molar-refractivity contribution in [3.8, 4) is 11.1 Å². The van der Waals surface area contributed by atoms with Gasteiger partial charge in [-0.05, 0) is 65.0 Å². The van der Waals surface area contributed by atoms with E-state index in [0.29, 0.717) is 5.92 Å². The van der Waals surface area contributed by atoms with Crippen LogP contribution in [-0.4, -0.2) is 0 Å². The summed E-state index contributed by atoms with van der Waals surface area (Å²) >= 11 is 0. The summed E-state index contributed by atoms with van der Waals surface area (Å²) in [6.07, 6.45) is 12.0. The maximum absolute atomic E-state index is 2.55. The van der Waals surface area contributed by atoms with Gasteiger partial charge in [-0.15, -0.1) is 0 Å². The highest BCUT2D eigenvalue weighted by Gasteiger charge is 2.55. The van der Waals surface area contributed by atoms with Gasteiger partial charge in [0.05, 0.1) is 0 Å². The van der Waals surface area contributed by atoms with E-state index in [1.54, 1.807) is 0 Å². The van der Waals surface area contributed by atoms with E-state index in [4.69, 9.17) is 0 Å². The highest BCUT2D eigenvalue weighted by atomic mass is 15.2. The molecule has 2 aromatic carbocycles. The average Bonchev–Trinajstić information content (AvgIpc) is 2.96. The van der Waals surface area contributed by atoms with E-state index < -0.39 is 0 Å². The predicted octanol–water partition coefficient (Wildman–Crippen LogP) is 7.76. The monoisotopic (exact) mass is 405 g/mol. The smallest absolute Gasteiger partial charge is 0.0461 e. The first-order valence-electron chi connectivity index (χ1n) is 11.5. The number of hydrogen-bond acceptors (Lipinski definition) is 1. The highest BCUT2D eigenvalue weighted by Crippen LogP contribution is 2.62. The Labute approximate surface area is 186 Å². The normalized spacial score (nSPS) is 28.4. The Bertz CT molecular complexity index is 1260. The number of allylic oxidation sites excluding steroid dienone is 7. The first kappa shape index (κ1) is 18.9. The second-order valence-electron chi connectivity index (χ2n) is 10.9. The maximum atomic E-state index is 2.55. The number of nitrogens with zero attached hydrogens (tertiary/aromatic N) is 1. The first-order chi connectivity index (χ1) is 14.7. The summed E-state index contributed by atoms with van der Waals surface area (Å²) < 4.78 is 0. The molecule has 0 radical (unpaired) electrons. The summed E-state index contributed by atoms with van der Waals surface area (Å²) in [5.41, 5.74) is 11.3. The molecule has 2 atom stereocenters. The van der Waals surface area contributed by atoms with Gasteiger partial charge in [-0.25, -0.2) is 0 Å². The van der Waals surface area contributed by atoms with Crippen LogP contribution in [0.3, 0.4) is 0 Å². The molecule has 1 heterocycles. The zero-order chi connectivity index (χ0) is 21.8. The van der Waals surface area contributed by atoms with E-state index in [-0.39, 0.29) is 16.2 Å².